The molecule has 0 aliphatic rings. The molecule has 5 heteroatoms. The molecule has 154 valence electrons. The summed E-state index contributed by atoms with van der Waals surface area (Å²) in [6, 6.07) is 8.76. The van der Waals surface area contributed by atoms with Crippen LogP contribution < -0.4 is 0 Å². The van der Waals surface area contributed by atoms with E-state index in [4.69, 9.17) is 4.43 Å². The van der Waals surface area contributed by atoms with Crippen molar-refractivity contribution in [3.63, 3.8) is 0 Å². The van der Waals surface area contributed by atoms with Crippen LogP contribution in [0.2, 0.25) is 18.1 Å². The molecule has 0 amide bonds. The molecule has 0 aromatic heterocycles. The second-order valence-electron chi connectivity index (χ2n) is 9.10. The minimum Gasteiger partial charge on any atom is -0.417 e. The van der Waals surface area contributed by atoms with Gasteiger partial charge in [0.25, 0.3) is 0 Å². The molecule has 0 radical (unpaired) electrons. The first-order valence-electron chi connectivity index (χ1n) is 9.95. The summed E-state index contributed by atoms with van der Waals surface area (Å²) in [5.74, 6) is 0.330. The van der Waals surface area contributed by atoms with Crippen LogP contribution in [-0.4, -0.2) is 28.6 Å². The van der Waals surface area contributed by atoms with Crippen molar-refractivity contribution in [2.24, 2.45) is 5.92 Å². The minimum atomic E-state index is -3.33. The summed E-state index contributed by atoms with van der Waals surface area (Å²) in [7, 11) is -5.03. The first-order chi connectivity index (χ1) is 12.4. The normalized spacial score (nSPS) is 15.3. The third-order valence-electron chi connectivity index (χ3n) is 5.72. The van der Waals surface area contributed by atoms with E-state index in [1.54, 1.807) is 30.3 Å². The van der Waals surface area contributed by atoms with E-state index in [2.05, 4.69) is 47.4 Å². The van der Waals surface area contributed by atoms with Crippen LogP contribution in [0, 0.1) is 5.92 Å². The number of allylic oxidation sites excluding steroid dienone is 1. The standard InChI is InChI=1S/C22H38O3SSi/c1-8-13-21(26(23,24)20-15-10-9-11-16-20)18-19(2)14-12-17-25-27(6,7)22(3,4)5/h8-11,15-16,19,21H,1,12-14,17-18H2,2-7H3/t19-,21?/m1/s1. The highest BCUT2D eigenvalue weighted by atomic mass is 32.2. The minimum absolute atomic E-state index is 0.220. The fourth-order valence-electron chi connectivity index (χ4n) is 2.88. The van der Waals surface area contributed by atoms with E-state index in [1.807, 2.05) is 6.07 Å². The molecule has 0 saturated carbocycles. The maximum Gasteiger partial charge on any atom is 0.191 e. The maximum atomic E-state index is 13.0. The van der Waals surface area contributed by atoms with Crippen LogP contribution in [0.25, 0.3) is 0 Å². The van der Waals surface area contributed by atoms with Gasteiger partial charge in [0.1, 0.15) is 0 Å². The van der Waals surface area contributed by atoms with Gasteiger partial charge in [-0.3, -0.25) is 0 Å². The molecule has 0 N–H and O–H groups in total. The molecular weight excluding hydrogens is 372 g/mol. The topological polar surface area (TPSA) is 43.4 Å². The summed E-state index contributed by atoms with van der Waals surface area (Å²) < 4.78 is 32.2. The predicted octanol–water partition coefficient (Wildman–Crippen LogP) is 6.23. The summed E-state index contributed by atoms with van der Waals surface area (Å²) >= 11 is 0. The van der Waals surface area contributed by atoms with Gasteiger partial charge in [0.2, 0.25) is 0 Å². The van der Waals surface area contributed by atoms with E-state index < -0.39 is 23.4 Å². The maximum absolute atomic E-state index is 13.0. The van der Waals surface area contributed by atoms with Crippen LogP contribution in [0.4, 0.5) is 0 Å². The fraction of sp³-hybridized carbons (Fsp3) is 0.636. The zero-order valence-corrected chi connectivity index (χ0v) is 19.8. The Bertz CT molecular complexity index is 675. The lowest BCUT2D eigenvalue weighted by Crippen LogP contribution is -2.41. The molecule has 1 aromatic rings. The third kappa shape index (κ3) is 7.20. The quantitative estimate of drug-likeness (QED) is 0.246. The van der Waals surface area contributed by atoms with E-state index in [0.717, 1.165) is 19.4 Å². The van der Waals surface area contributed by atoms with E-state index in [0.29, 0.717) is 23.7 Å². The molecule has 1 rings (SSSR count). The number of rotatable bonds is 11. The molecule has 0 saturated heterocycles. The van der Waals surface area contributed by atoms with Gasteiger partial charge in [-0.05, 0) is 61.9 Å². The summed E-state index contributed by atoms with van der Waals surface area (Å²) in [6.07, 6.45) is 4.82. The van der Waals surface area contributed by atoms with Crippen molar-refractivity contribution < 1.29 is 12.8 Å². The van der Waals surface area contributed by atoms with Gasteiger partial charge in [0, 0.05) is 6.61 Å². The van der Waals surface area contributed by atoms with Gasteiger partial charge < -0.3 is 4.43 Å². The molecule has 3 nitrogen and oxygen atoms in total. The Balaban J connectivity index is 2.62. The molecule has 27 heavy (non-hydrogen) atoms. The highest BCUT2D eigenvalue weighted by molar-refractivity contribution is 7.92. The van der Waals surface area contributed by atoms with Crippen LogP contribution >= 0.6 is 0 Å². The van der Waals surface area contributed by atoms with Crippen molar-refractivity contribution in [1.82, 2.24) is 0 Å². The second kappa shape index (κ2) is 10.0. The largest absolute Gasteiger partial charge is 0.417 e. The van der Waals surface area contributed by atoms with Gasteiger partial charge in [0.05, 0.1) is 10.1 Å². The molecule has 0 aliphatic carbocycles. The first kappa shape index (κ1) is 24.1. The van der Waals surface area contributed by atoms with Crippen molar-refractivity contribution >= 4 is 18.2 Å². The molecule has 1 unspecified atom stereocenters. The van der Waals surface area contributed by atoms with Crippen molar-refractivity contribution in [1.29, 1.82) is 0 Å². The van der Waals surface area contributed by atoms with E-state index in [9.17, 15) is 8.42 Å². The number of benzene rings is 1. The molecule has 0 aliphatic heterocycles. The van der Waals surface area contributed by atoms with Gasteiger partial charge in [-0.2, -0.15) is 0 Å². The third-order valence-corrected chi connectivity index (χ3v) is 12.4. The molecule has 0 bridgehead atoms. The smallest absolute Gasteiger partial charge is 0.191 e. The summed E-state index contributed by atoms with van der Waals surface area (Å²) in [5.41, 5.74) is 0. The molecule has 0 fully saturated rings. The number of hydrogen-bond acceptors (Lipinski definition) is 3. The van der Waals surface area contributed by atoms with Gasteiger partial charge in [-0.15, -0.1) is 6.58 Å². The Labute approximate surface area is 168 Å². The molecular formula is C22H38O3SSi. The van der Waals surface area contributed by atoms with Gasteiger partial charge in [-0.25, -0.2) is 8.42 Å². The van der Waals surface area contributed by atoms with Crippen LogP contribution in [0.15, 0.2) is 47.9 Å². The van der Waals surface area contributed by atoms with E-state index >= 15 is 0 Å². The van der Waals surface area contributed by atoms with E-state index in [1.165, 1.54) is 0 Å². The van der Waals surface area contributed by atoms with Crippen molar-refractivity contribution in [2.75, 3.05) is 6.61 Å². The Morgan fingerprint density at radius 3 is 2.30 bits per heavy atom. The average molecular weight is 411 g/mol. The Morgan fingerprint density at radius 1 is 1.19 bits per heavy atom. The Hall–Kier alpha value is -0.913. The number of hydrogen-bond donors (Lipinski definition) is 0. The molecule has 0 heterocycles. The van der Waals surface area contributed by atoms with Crippen molar-refractivity contribution in [3.8, 4) is 0 Å². The van der Waals surface area contributed by atoms with E-state index in [-0.39, 0.29) is 5.04 Å². The van der Waals surface area contributed by atoms with Crippen LogP contribution in [0.3, 0.4) is 0 Å². The van der Waals surface area contributed by atoms with Crippen LogP contribution in [0.5, 0.6) is 0 Å². The average Bonchev–Trinajstić information content (AvgIpc) is 2.58. The molecule has 0 spiro atoms. The Morgan fingerprint density at radius 2 is 1.78 bits per heavy atom. The zero-order valence-electron chi connectivity index (χ0n) is 18.0. The Kier molecular flexibility index (Phi) is 8.97. The van der Waals surface area contributed by atoms with Crippen LogP contribution in [0.1, 0.15) is 53.4 Å². The van der Waals surface area contributed by atoms with Gasteiger partial charge in [-0.1, -0.05) is 52.0 Å². The first-order valence-corrected chi connectivity index (χ1v) is 14.4. The lowest BCUT2D eigenvalue weighted by molar-refractivity contribution is 0.268. The molecule has 2 atom stereocenters. The van der Waals surface area contributed by atoms with Gasteiger partial charge in [0.15, 0.2) is 18.2 Å². The summed E-state index contributed by atoms with van der Waals surface area (Å²) in [4.78, 5) is 0.408. The molecule has 1 aromatic carbocycles. The lowest BCUT2D eigenvalue weighted by atomic mass is 9.99. The van der Waals surface area contributed by atoms with Gasteiger partial charge >= 0.3 is 0 Å². The highest BCUT2D eigenvalue weighted by Crippen LogP contribution is 2.36. The lowest BCUT2D eigenvalue weighted by Gasteiger charge is -2.36. The fourth-order valence-corrected chi connectivity index (χ4v) is 5.86. The predicted molar refractivity (Wildman–Crippen MR) is 118 cm³/mol. The highest BCUT2D eigenvalue weighted by Gasteiger charge is 2.36. The SMILES string of the molecule is C=CCC(C[C@H](C)CCCO[Si](C)(C)C(C)(C)C)S(=O)(=O)c1ccccc1. The monoisotopic (exact) mass is 410 g/mol. The van der Waals surface area contributed by atoms with Crippen LogP contribution in [-0.2, 0) is 14.3 Å². The van der Waals surface area contributed by atoms with Crippen molar-refractivity contribution in [3.05, 3.63) is 43.0 Å². The van der Waals surface area contributed by atoms with Crippen molar-refractivity contribution in [2.45, 2.75) is 81.7 Å². The number of sulfone groups is 1. The zero-order chi connectivity index (χ0) is 20.7. The summed E-state index contributed by atoms with van der Waals surface area (Å²) in [6.45, 7) is 17.9. The summed E-state index contributed by atoms with van der Waals surface area (Å²) in [5, 5.41) is -0.189. The second-order valence-corrected chi connectivity index (χ2v) is 16.1.